The zero-order valence-corrected chi connectivity index (χ0v) is 35.1. The highest BCUT2D eigenvalue weighted by molar-refractivity contribution is 6.00. The lowest BCUT2D eigenvalue weighted by atomic mass is 10.1. The van der Waals surface area contributed by atoms with Gasteiger partial charge in [-0.05, 0) is 80.0 Å². The summed E-state index contributed by atoms with van der Waals surface area (Å²) in [7, 11) is 1.66. The van der Waals surface area contributed by atoms with E-state index in [0.717, 1.165) is 29.6 Å². The molecule has 1 saturated carbocycles. The van der Waals surface area contributed by atoms with E-state index in [1.807, 2.05) is 18.2 Å². The minimum Gasteiger partial charge on any atom is -0.444 e. The summed E-state index contributed by atoms with van der Waals surface area (Å²) in [5.41, 5.74) is 2.52. The van der Waals surface area contributed by atoms with E-state index in [2.05, 4.69) is 36.3 Å². The average Bonchev–Trinajstić information content (AvgIpc) is 3.70. The molecule has 338 valence electrons. The largest absolute Gasteiger partial charge is 0.444 e. The van der Waals surface area contributed by atoms with Gasteiger partial charge in [0.15, 0.2) is 11.9 Å². The number of amides is 2. The van der Waals surface area contributed by atoms with Crippen LogP contribution < -0.4 is 27.0 Å². The molecule has 0 spiro atoms. The van der Waals surface area contributed by atoms with Crippen molar-refractivity contribution in [2.24, 2.45) is 13.0 Å². The Bertz CT molecular complexity index is 2660. The Balaban J connectivity index is 0.740. The fourth-order valence-corrected chi connectivity index (χ4v) is 7.47. The molecule has 8 rings (SSSR count). The molecule has 1 saturated heterocycles. The van der Waals surface area contributed by atoms with Gasteiger partial charge in [-0.1, -0.05) is 12.1 Å². The van der Waals surface area contributed by atoms with Crippen molar-refractivity contribution in [3.05, 3.63) is 106 Å². The first-order valence-corrected chi connectivity index (χ1v) is 21.2. The van der Waals surface area contributed by atoms with Gasteiger partial charge in [0, 0.05) is 57.0 Å². The van der Waals surface area contributed by atoms with Crippen molar-refractivity contribution in [1.29, 1.82) is 0 Å². The first kappa shape index (κ1) is 44.3. The fourth-order valence-electron chi connectivity index (χ4n) is 7.47. The van der Waals surface area contributed by atoms with Crippen LogP contribution in [0.5, 0.6) is 0 Å². The number of aliphatic hydroxyl groups is 1. The Kier molecular flexibility index (Phi) is 13.8. The van der Waals surface area contributed by atoms with Gasteiger partial charge in [-0.15, -0.1) is 0 Å². The smallest absolute Gasteiger partial charge is 0.329 e. The number of nitrogens with one attached hydrogen (secondary N) is 4. The molecule has 2 atom stereocenters. The van der Waals surface area contributed by atoms with E-state index in [0.29, 0.717) is 66.9 Å². The SMILES string of the molecule is Cn1c(=O)n(C2CCC(=O)NC2=O)c2ccc(CCCOCCOCCNCc3ccc(-n4cc(NC(O)c5coc(-c6ccnc(NCC7CC7)c6)n5)c(C(F)F)n4)cc3F)cc21. The van der Waals surface area contributed by atoms with Gasteiger partial charge in [0.05, 0.1) is 48.4 Å². The van der Waals surface area contributed by atoms with Gasteiger partial charge >= 0.3 is 5.69 Å². The third kappa shape index (κ3) is 10.5. The number of rotatable bonds is 22. The molecule has 64 heavy (non-hydrogen) atoms. The number of pyridine rings is 1. The van der Waals surface area contributed by atoms with Crippen LogP contribution in [0.3, 0.4) is 0 Å². The number of imide groups is 1. The molecule has 6 aromatic rings. The van der Waals surface area contributed by atoms with Crippen molar-refractivity contribution in [3.63, 3.8) is 0 Å². The minimum atomic E-state index is -2.99. The van der Waals surface area contributed by atoms with Crippen LogP contribution in [0.1, 0.15) is 73.3 Å². The number of aliphatic hydroxyl groups excluding tert-OH is 1. The molecule has 2 aliphatic rings. The molecular weight excluding hydrogens is 838 g/mol. The number of benzene rings is 2. The summed E-state index contributed by atoms with van der Waals surface area (Å²) >= 11 is 0. The van der Waals surface area contributed by atoms with Crippen LogP contribution in [-0.2, 0) is 39.1 Å². The number of hydrogen-bond donors (Lipinski definition) is 5. The first-order valence-electron chi connectivity index (χ1n) is 21.2. The van der Waals surface area contributed by atoms with Crippen molar-refractivity contribution >= 4 is 34.4 Å². The summed E-state index contributed by atoms with van der Waals surface area (Å²) in [5.74, 6) is 0.176. The maximum absolute atomic E-state index is 15.2. The Morgan fingerprint density at radius 2 is 1.83 bits per heavy atom. The zero-order valence-electron chi connectivity index (χ0n) is 35.1. The van der Waals surface area contributed by atoms with E-state index in [4.69, 9.17) is 13.9 Å². The van der Waals surface area contributed by atoms with Crippen LogP contribution >= 0.6 is 0 Å². The van der Waals surface area contributed by atoms with Crippen LogP contribution in [0.15, 0.2) is 76.4 Å². The predicted molar refractivity (Wildman–Crippen MR) is 228 cm³/mol. The molecule has 0 bridgehead atoms. The number of halogens is 3. The van der Waals surface area contributed by atoms with Gasteiger partial charge in [-0.2, -0.15) is 5.10 Å². The van der Waals surface area contributed by atoms with Crippen LogP contribution in [0, 0.1) is 11.7 Å². The highest BCUT2D eigenvalue weighted by atomic mass is 19.3. The van der Waals surface area contributed by atoms with Gasteiger partial charge in [-0.25, -0.2) is 32.6 Å². The number of hydrogen-bond acceptors (Lipinski definition) is 13. The van der Waals surface area contributed by atoms with E-state index in [9.17, 15) is 28.3 Å². The van der Waals surface area contributed by atoms with E-state index >= 15 is 4.39 Å². The summed E-state index contributed by atoms with van der Waals surface area (Å²) in [6, 6.07) is 12.8. The predicted octanol–water partition coefficient (Wildman–Crippen LogP) is 5.31. The Hall–Kier alpha value is -6.35. The average molecular weight is 887 g/mol. The number of carbonyl (C=O) groups is 2. The fraction of sp³-hybridized carbons (Fsp3) is 0.409. The van der Waals surface area contributed by atoms with Crippen molar-refractivity contribution in [2.75, 3.05) is 50.2 Å². The molecule has 2 unspecified atom stereocenters. The lowest BCUT2D eigenvalue weighted by molar-refractivity contribution is -0.135. The topological polar surface area (TPSA) is 205 Å². The van der Waals surface area contributed by atoms with Crippen LogP contribution in [0.4, 0.5) is 24.7 Å². The number of aryl methyl sites for hydroxylation is 2. The van der Waals surface area contributed by atoms with Gasteiger partial charge in [0.25, 0.3) is 6.43 Å². The second-order valence-electron chi connectivity index (χ2n) is 15.8. The Labute approximate surface area is 365 Å². The standard InChI is InChI=1S/C44H49F3N10O7/c1-55-36-19-26(6-9-34(36)57(44(55)61)35-10-11-38(58)53-42(35)60)3-2-15-62-17-18-63-16-14-48-23-29-7-8-30(21-31(29)45)56-24-32(39(54-56)40(46)47)51-41(59)33-25-64-43(52-33)28-12-13-49-37(20-28)50-22-27-4-5-27/h6-9,12-13,19-21,24-25,27,35,40-41,48,51,59H,2-5,10-11,14-18,22-23H2,1H3,(H,49,50)(H,53,58,60). The Morgan fingerprint density at radius 1 is 1.00 bits per heavy atom. The van der Waals surface area contributed by atoms with Crippen molar-refractivity contribution in [1.82, 2.24) is 39.5 Å². The van der Waals surface area contributed by atoms with Gasteiger partial charge < -0.3 is 34.9 Å². The third-order valence-corrected chi connectivity index (χ3v) is 11.2. The number of anilines is 2. The van der Waals surface area contributed by atoms with Crippen LogP contribution in [-0.4, -0.2) is 85.3 Å². The van der Waals surface area contributed by atoms with E-state index in [1.165, 1.54) is 46.6 Å². The summed E-state index contributed by atoms with van der Waals surface area (Å²) in [6.45, 7) is 3.10. The van der Waals surface area contributed by atoms with Crippen molar-refractivity contribution in [2.45, 2.75) is 63.8 Å². The normalized spacial score (nSPS) is 15.9. The number of piperidine rings is 1. The third-order valence-electron chi connectivity index (χ3n) is 11.2. The quantitative estimate of drug-likeness (QED) is 0.0334. The Morgan fingerprint density at radius 3 is 2.61 bits per heavy atom. The molecule has 5 N–H and O–H groups in total. The number of nitrogens with zero attached hydrogens (tertiary/aromatic N) is 6. The number of alkyl halides is 2. The molecule has 2 amide bonds. The molecule has 20 heteroatoms. The molecule has 5 heterocycles. The molecule has 17 nitrogen and oxygen atoms in total. The van der Waals surface area contributed by atoms with Gasteiger partial charge in [0.1, 0.15) is 29.6 Å². The summed E-state index contributed by atoms with van der Waals surface area (Å²) in [5, 5.41) is 26.2. The molecule has 1 aliphatic heterocycles. The monoisotopic (exact) mass is 886 g/mol. The summed E-state index contributed by atoms with van der Waals surface area (Å²) in [4.78, 5) is 45.7. The molecular formula is C44H49F3N10O7. The van der Waals surface area contributed by atoms with Crippen molar-refractivity contribution < 1.29 is 41.8 Å². The minimum absolute atomic E-state index is 0.0621. The number of oxazole rings is 1. The molecule has 2 fully saturated rings. The van der Waals surface area contributed by atoms with Crippen LogP contribution in [0.2, 0.25) is 0 Å². The zero-order chi connectivity index (χ0) is 44.7. The van der Waals surface area contributed by atoms with E-state index in [1.54, 1.807) is 31.4 Å². The highest BCUT2D eigenvalue weighted by Gasteiger charge is 2.31. The maximum Gasteiger partial charge on any atom is 0.329 e. The lowest BCUT2D eigenvalue weighted by Gasteiger charge is -2.21. The summed E-state index contributed by atoms with van der Waals surface area (Å²) in [6.07, 6.45) is 3.90. The molecule has 1 aliphatic carbocycles. The lowest BCUT2D eigenvalue weighted by Crippen LogP contribution is -2.44. The van der Waals surface area contributed by atoms with E-state index in [-0.39, 0.29) is 53.9 Å². The summed E-state index contributed by atoms with van der Waals surface area (Å²) < 4.78 is 64.3. The first-order chi connectivity index (χ1) is 31.0. The van der Waals surface area contributed by atoms with Gasteiger partial charge in [-0.3, -0.25) is 24.0 Å². The number of ether oxygens (including phenoxy) is 2. The second kappa shape index (κ2) is 20.0. The molecule has 4 aromatic heterocycles. The maximum atomic E-state index is 15.2. The number of carbonyl (C=O) groups excluding carboxylic acids is 2. The second-order valence-corrected chi connectivity index (χ2v) is 15.8. The highest BCUT2D eigenvalue weighted by Crippen LogP contribution is 2.32. The van der Waals surface area contributed by atoms with Crippen LogP contribution in [0.25, 0.3) is 28.2 Å². The molecule has 0 radical (unpaired) electrons. The number of fused-ring (bicyclic) bond motifs is 1. The number of aromatic nitrogens is 6. The van der Waals surface area contributed by atoms with Crippen molar-refractivity contribution in [3.8, 4) is 17.1 Å². The van der Waals surface area contributed by atoms with Gasteiger partial charge in [0.2, 0.25) is 17.7 Å². The molecule has 2 aromatic carbocycles. The number of imidazole rings is 1. The van der Waals surface area contributed by atoms with E-state index < -0.39 is 36.1 Å².